The van der Waals surface area contributed by atoms with Crippen LogP contribution in [-0.2, 0) is 6.54 Å². The number of rotatable bonds is 6. The summed E-state index contributed by atoms with van der Waals surface area (Å²) < 4.78 is 26.6. The Labute approximate surface area is 155 Å². The van der Waals surface area contributed by atoms with Crippen LogP contribution >= 0.6 is 0 Å². The van der Waals surface area contributed by atoms with Crippen LogP contribution in [0.5, 0.6) is 0 Å². The van der Waals surface area contributed by atoms with Gasteiger partial charge < -0.3 is 10.0 Å². The maximum atomic E-state index is 13.5. The first-order valence-electron chi connectivity index (χ1n) is 9.76. The van der Waals surface area contributed by atoms with E-state index in [1.165, 1.54) is 12.1 Å². The van der Waals surface area contributed by atoms with E-state index in [0.717, 1.165) is 64.1 Å². The van der Waals surface area contributed by atoms with Crippen molar-refractivity contribution < 1.29 is 13.9 Å². The predicted octanol–water partition coefficient (Wildman–Crippen LogP) is 2.18. The average Bonchev–Trinajstić information content (AvgIpc) is 2.64. The molecule has 0 radical (unpaired) electrons. The van der Waals surface area contributed by atoms with Crippen molar-refractivity contribution in [2.24, 2.45) is 5.92 Å². The Kier molecular flexibility index (Phi) is 6.98. The van der Waals surface area contributed by atoms with E-state index in [0.29, 0.717) is 18.5 Å². The van der Waals surface area contributed by atoms with Gasteiger partial charge in [-0.05, 0) is 56.5 Å². The molecular weight excluding hydrogens is 336 g/mol. The molecule has 2 atom stereocenters. The molecule has 1 aromatic rings. The third-order valence-corrected chi connectivity index (χ3v) is 5.91. The molecule has 3 rings (SSSR count). The van der Waals surface area contributed by atoms with Crippen LogP contribution in [0.3, 0.4) is 0 Å². The molecule has 2 fully saturated rings. The van der Waals surface area contributed by atoms with Gasteiger partial charge in [0, 0.05) is 51.9 Å². The summed E-state index contributed by atoms with van der Waals surface area (Å²) in [7, 11) is 2.17. The summed E-state index contributed by atoms with van der Waals surface area (Å²) in [4.78, 5) is 7.34. The third-order valence-electron chi connectivity index (χ3n) is 5.91. The molecule has 4 nitrogen and oxygen atoms in total. The second-order valence-electron chi connectivity index (χ2n) is 7.80. The Hall–Kier alpha value is -1.08. The van der Waals surface area contributed by atoms with Crippen LogP contribution in [0.15, 0.2) is 18.2 Å². The maximum absolute atomic E-state index is 13.5. The van der Waals surface area contributed by atoms with E-state index in [1.54, 1.807) is 6.07 Å². The minimum absolute atomic E-state index is 0.231. The van der Waals surface area contributed by atoms with Gasteiger partial charge in [0.25, 0.3) is 0 Å². The van der Waals surface area contributed by atoms with Crippen molar-refractivity contribution in [1.29, 1.82) is 0 Å². The SMILES string of the molecule is CN1CCN([C@@H]2CCN(Cc3ccc(F)c(F)c3)C[C@@H]2CCCO)CC1. The lowest BCUT2D eigenvalue weighted by Gasteiger charge is -2.46. The van der Waals surface area contributed by atoms with Crippen molar-refractivity contribution in [3.05, 3.63) is 35.4 Å². The Morgan fingerprint density at radius 3 is 2.54 bits per heavy atom. The topological polar surface area (TPSA) is 30.0 Å². The van der Waals surface area contributed by atoms with Gasteiger partial charge in [0.2, 0.25) is 0 Å². The minimum atomic E-state index is -0.789. The molecule has 2 aliphatic heterocycles. The molecule has 0 aromatic heterocycles. The van der Waals surface area contributed by atoms with Crippen molar-refractivity contribution in [2.75, 3.05) is 52.9 Å². The van der Waals surface area contributed by atoms with Gasteiger partial charge in [-0.15, -0.1) is 0 Å². The molecule has 26 heavy (non-hydrogen) atoms. The van der Waals surface area contributed by atoms with Crippen LogP contribution in [0, 0.1) is 17.6 Å². The zero-order valence-electron chi connectivity index (χ0n) is 15.7. The fraction of sp³-hybridized carbons (Fsp3) is 0.700. The normalized spacial score (nSPS) is 26.3. The number of likely N-dealkylation sites (tertiary alicyclic amines) is 1. The number of piperazine rings is 1. The number of likely N-dealkylation sites (N-methyl/N-ethyl adjacent to an activating group) is 1. The number of piperidine rings is 1. The highest BCUT2D eigenvalue weighted by Gasteiger charge is 2.34. The van der Waals surface area contributed by atoms with E-state index < -0.39 is 11.6 Å². The monoisotopic (exact) mass is 367 g/mol. The molecule has 6 heteroatoms. The predicted molar refractivity (Wildman–Crippen MR) is 98.9 cm³/mol. The standard InChI is InChI=1S/C20H31F2N3O/c1-23-8-10-25(11-9-23)20-6-7-24(15-17(20)3-2-12-26)14-16-4-5-18(21)19(22)13-16/h4-5,13,17,20,26H,2-3,6-12,14-15H2,1H3/t17-,20+/m0/s1. The molecule has 1 aromatic carbocycles. The van der Waals surface area contributed by atoms with Gasteiger partial charge in [-0.3, -0.25) is 9.80 Å². The van der Waals surface area contributed by atoms with E-state index in [9.17, 15) is 13.9 Å². The van der Waals surface area contributed by atoms with Crippen molar-refractivity contribution >= 4 is 0 Å². The Balaban J connectivity index is 1.62. The fourth-order valence-electron chi connectivity index (χ4n) is 4.41. The fourth-order valence-corrected chi connectivity index (χ4v) is 4.41. The minimum Gasteiger partial charge on any atom is -0.396 e. The molecular formula is C20H31F2N3O. The van der Waals surface area contributed by atoms with E-state index >= 15 is 0 Å². The lowest BCUT2D eigenvalue weighted by Crippen LogP contribution is -2.56. The highest BCUT2D eigenvalue weighted by molar-refractivity contribution is 5.17. The lowest BCUT2D eigenvalue weighted by molar-refractivity contribution is 0.0211. The molecule has 146 valence electrons. The molecule has 0 bridgehead atoms. The zero-order chi connectivity index (χ0) is 18.5. The first-order chi connectivity index (χ1) is 12.6. The number of aliphatic hydroxyl groups excluding tert-OH is 1. The average molecular weight is 367 g/mol. The molecule has 2 aliphatic rings. The Bertz CT molecular complexity index is 578. The quantitative estimate of drug-likeness (QED) is 0.835. The first kappa shape index (κ1) is 19.7. The van der Waals surface area contributed by atoms with Crippen LogP contribution in [0.1, 0.15) is 24.8 Å². The van der Waals surface area contributed by atoms with Crippen molar-refractivity contribution in [3.63, 3.8) is 0 Å². The van der Waals surface area contributed by atoms with Gasteiger partial charge in [-0.25, -0.2) is 8.78 Å². The molecule has 0 unspecified atom stereocenters. The second kappa shape index (κ2) is 9.22. The van der Waals surface area contributed by atoms with Gasteiger partial charge in [0.05, 0.1) is 0 Å². The molecule has 0 spiro atoms. The largest absolute Gasteiger partial charge is 0.396 e. The summed E-state index contributed by atoms with van der Waals surface area (Å²) in [5.41, 5.74) is 0.822. The lowest BCUT2D eigenvalue weighted by atomic mass is 9.86. The van der Waals surface area contributed by atoms with E-state index in [1.807, 2.05) is 0 Å². The number of hydrogen-bond donors (Lipinski definition) is 1. The molecule has 2 heterocycles. The molecule has 0 amide bonds. The summed E-state index contributed by atoms with van der Waals surface area (Å²) in [5.74, 6) is -1.04. The summed E-state index contributed by atoms with van der Waals surface area (Å²) in [6.45, 7) is 7.27. The molecule has 0 aliphatic carbocycles. The maximum Gasteiger partial charge on any atom is 0.159 e. The summed E-state index contributed by atoms with van der Waals surface area (Å²) >= 11 is 0. The Morgan fingerprint density at radius 2 is 1.85 bits per heavy atom. The summed E-state index contributed by atoms with van der Waals surface area (Å²) in [6, 6.07) is 4.76. The smallest absolute Gasteiger partial charge is 0.159 e. The van der Waals surface area contributed by atoms with E-state index in [4.69, 9.17) is 0 Å². The van der Waals surface area contributed by atoms with Crippen LogP contribution < -0.4 is 0 Å². The van der Waals surface area contributed by atoms with Gasteiger partial charge in [-0.2, -0.15) is 0 Å². The van der Waals surface area contributed by atoms with Crippen molar-refractivity contribution in [1.82, 2.24) is 14.7 Å². The zero-order valence-corrected chi connectivity index (χ0v) is 15.7. The van der Waals surface area contributed by atoms with E-state index in [2.05, 4.69) is 21.7 Å². The van der Waals surface area contributed by atoms with Gasteiger partial charge in [0.1, 0.15) is 0 Å². The highest BCUT2D eigenvalue weighted by Crippen LogP contribution is 2.28. The third kappa shape index (κ3) is 5.00. The van der Waals surface area contributed by atoms with Crippen LogP contribution in [-0.4, -0.2) is 78.8 Å². The number of nitrogens with zero attached hydrogens (tertiary/aromatic N) is 3. The molecule has 2 saturated heterocycles. The van der Waals surface area contributed by atoms with Gasteiger partial charge in [0.15, 0.2) is 11.6 Å². The van der Waals surface area contributed by atoms with Crippen molar-refractivity contribution in [3.8, 4) is 0 Å². The number of hydrogen-bond acceptors (Lipinski definition) is 4. The van der Waals surface area contributed by atoms with Crippen LogP contribution in [0.2, 0.25) is 0 Å². The first-order valence-corrected chi connectivity index (χ1v) is 9.76. The highest BCUT2D eigenvalue weighted by atomic mass is 19.2. The summed E-state index contributed by atoms with van der Waals surface area (Å²) in [6.07, 6.45) is 2.94. The Morgan fingerprint density at radius 1 is 1.08 bits per heavy atom. The summed E-state index contributed by atoms with van der Waals surface area (Å²) in [5, 5.41) is 9.27. The number of halogens is 2. The van der Waals surface area contributed by atoms with E-state index in [-0.39, 0.29) is 6.61 Å². The number of benzene rings is 1. The van der Waals surface area contributed by atoms with Gasteiger partial charge in [-0.1, -0.05) is 6.07 Å². The van der Waals surface area contributed by atoms with Crippen molar-refractivity contribution in [2.45, 2.75) is 31.8 Å². The van der Waals surface area contributed by atoms with Crippen LogP contribution in [0.4, 0.5) is 8.78 Å². The van der Waals surface area contributed by atoms with Gasteiger partial charge >= 0.3 is 0 Å². The second-order valence-corrected chi connectivity index (χ2v) is 7.80. The van der Waals surface area contributed by atoms with Crippen LogP contribution in [0.25, 0.3) is 0 Å². The molecule has 0 saturated carbocycles. The molecule has 1 N–H and O–H groups in total. The number of aliphatic hydroxyl groups is 1.